The van der Waals surface area contributed by atoms with Crippen molar-refractivity contribution in [3.05, 3.63) is 11.6 Å². The predicted octanol–water partition coefficient (Wildman–Crippen LogP) is 3.63. The molecule has 25 heavy (non-hydrogen) atoms. The zero-order chi connectivity index (χ0) is 18.0. The summed E-state index contributed by atoms with van der Waals surface area (Å²) in [6.45, 7) is 5.94. The molecule has 4 aliphatic rings. The Hall–Kier alpha value is -1.45. The van der Waals surface area contributed by atoms with E-state index in [4.69, 9.17) is 4.74 Å². The number of ketones is 2. The predicted molar refractivity (Wildman–Crippen MR) is 92.7 cm³/mol. The van der Waals surface area contributed by atoms with Crippen LogP contribution in [0.5, 0.6) is 0 Å². The molecule has 0 amide bonds. The van der Waals surface area contributed by atoms with Gasteiger partial charge in [-0.25, -0.2) is 0 Å². The fraction of sp³-hybridized carbons (Fsp3) is 0.762. The molecule has 6 atom stereocenters. The van der Waals surface area contributed by atoms with Crippen molar-refractivity contribution in [2.24, 2.45) is 28.6 Å². The van der Waals surface area contributed by atoms with Crippen molar-refractivity contribution in [2.75, 3.05) is 0 Å². The van der Waals surface area contributed by atoms with Gasteiger partial charge in [-0.1, -0.05) is 19.4 Å². The fourth-order valence-electron chi connectivity index (χ4n) is 6.68. The Morgan fingerprint density at radius 3 is 2.68 bits per heavy atom. The Kier molecular flexibility index (Phi) is 3.75. The van der Waals surface area contributed by atoms with E-state index < -0.39 is 6.10 Å². The van der Waals surface area contributed by atoms with Crippen molar-refractivity contribution < 1.29 is 19.1 Å². The van der Waals surface area contributed by atoms with E-state index in [-0.39, 0.29) is 22.6 Å². The van der Waals surface area contributed by atoms with Crippen LogP contribution in [0.4, 0.5) is 0 Å². The second-order valence-corrected chi connectivity index (χ2v) is 9.32. The van der Waals surface area contributed by atoms with E-state index in [1.54, 1.807) is 6.08 Å². The van der Waals surface area contributed by atoms with E-state index >= 15 is 0 Å². The van der Waals surface area contributed by atoms with Gasteiger partial charge >= 0.3 is 5.97 Å². The Labute approximate surface area is 149 Å². The van der Waals surface area contributed by atoms with E-state index in [2.05, 4.69) is 13.8 Å². The molecule has 0 radical (unpaired) electrons. The minimum atomic E-state index is -0.636. The van der Waals surface area contributed by atoms with Gasteiger partial charge in [-0.2, -0.15) is 0 Å². The lowest BCUT2D eigenvalue weighted by atomic mass is 9.47. The van der Waals surface area contributed by atoms with Crippen molar-refractivity contribution in [3.8, 4) is 0 Å². The van der Waals surface area contributed by atoms with Crippen LogP contribution in [0.25, 0.3) is 0 Å². The van der Waals surface area contributed by atoms with E-state index in [9.17, 15) is 14.4 Å². The molecule has 0 aliphatic heterocycles. The van der Waals surface area contributed by atoms with Crippen LogP contribution in [0.1, 0.15) is 65.7 Å². The molecule has 0 aromatic rings. The molecule has 3 saturated carbocycles. The quantitative estimate of drug-likeness (QED) is 0.682. The largest absolute Gasteiger partial charge is 0.454 e. The Balaban J connectivity index is 1.66. The molecular formula is C21H28O4. The molecule has 4 nitrogen and oxygen atoms in total. The molecule has 0 spiro atoms. The number of carbonyl (C=O) groups excluding carboxylic acids is 3. The van der Waals surface area contributed by atoms with E-state index in [0.29, 0.717) is 30.0 Å². The lowest BCUT2D eigenvalue weighted by Crippen LogP contribution is -2.51. The first-order valence-corrected chi connectivity index (χ1v) is 9.67. The van der Waals surface area contributed by atoms with Crippen molar-refractivity contribution in [2.45, 2.75) is 71.8 Å². The highest BCUT2D eigenvalue weighted by atomic mass is 16.5. The summed E-state index contributed by atoms with van der Waals surface area (Å²) >= 11 is 0. The van der Waals surface area contributed by atoms with Gasteiger partial charge in [0.25, 0.3) is 0 Å². The van der Waals surface area contributed by atoms with Crippen LogP contribution in [0, 0.1) is 28.6 Å². The molecule has 136 valence electrons. The monoisotopic (exact) mass is 344 g/mol. The minimum absolute atomic E-state index is 0.0576. The Bertz CT molecular complexity index is 677. The van der Waals surface area contributed by atoms with Gasteiger partial charge in [0.05, 0.1) is 0 Å². The maximum Gasteiger partial charge on any atom is 0.303 e. The SMILES string of the molecule is CC(=O)OC1C[C@@]2(C)C(=CC1=O)CC[C@@H]1[C@H]2CC[C@]2(C)CC(=O)C[C@@H]12. The van der Waals surface area contributed by atoms with E-state index in [1.807, 2.05) is 0 Å². The average molecular weight is 344 g/mol. The maximum atomic E-state index is 12.4. The minimum Gasteiger partial charge on any atom is -0.454 e. The van der Waals surface area contributed by atoms with Crippen LogP contribution in [-0.2, 0) is 19.1 Å². The summed E-state index contributed by atoms with van der Waals surface area (Å²) in [6.07, 6.45) is 7.45. The molecule has 0 heterocycles. The third-order valence-electron chi connectivity index (χ3n) is 7.85. The average Bonchev–Trinajstić information content (AvgIpc) is 2.82. The van der Waals surface area contributed by atoms with Crippen LogP contribution in [0.2, 0.25) is 0 Å². The molecule has 4 rings (SSSR count). The molecule has 1 unspecified atom stereocenters. The topological polar surface area (TPSA) is 60.4 Å². The first-order chi connectivity index (χ1) is 11.7. The standard InChI is InChI=1S/C21H28O4/c1-12(22)25-19-11-21(3)13(8-18(19)24)4-5-15-16(21)6-7-20(2)10-14(23)9-17(15)20/h8,15-17,19H,4-7,9-11H2,1-3H3/t15-,16-,17+,19?,20-,21+/m1/s1. The summed E-state index contributed by atoms with van der Waals surface area (Å²) < 4.78 is 5.33. The normalized spacial score (nSPS) is 46.0. The van der Waals surface area contributed by atoms with Crippen LogP contribution in [0.3, 0.4) is 0 Å². The van der Waals surface area contributed by atoms with Crippen molar-refractivity contribution in [1.82, 2.24) is 0 Å². The van der Waals surface area contributed by atoms with Crippen LogP contribution in [0.15, 0.2) is 11.6 Å². The second-order valence-electron chi connectivity index (χ2n) is 9.32. The van der Waals surface area contributed by atoms with Crippen LogP contribution < -0.4 is 0 Å². The highest BCUT2D eigenvalue weighted by Crippen LogP contribution is 2.64. The molecule has 3 fully saturated rings. The zero-order valence-corrected chi connectivity index (χ0v) is 15.5. The number of fused-ring (bicyclic) bond motifs is 5. The number of ether oxygens (including phenoxy) is 1. The fourth-order valence-corrected chi connectivity index (χ4v) is 6.68. The first-order valence-electron chi connectivity index (χ1n) is 9.67. The smallest absolute Gasteiger partial charge is 0.303 e. The highest BCUT2D eigenvalue weighted by molar-refractivity contribution is 5.96. The third kappa shape index (κ3) is 2.51. The molecule has 0 bridgehead atoms. The highest BCUT2D eigenvalue weighted by Gasteiger charge is 2.58. The molecular weight excluding hydrogens is 316 g/mol. The summed E-state index contributed by atoms with van der Waals surface area (Å²) in [5.74, 6) is 1.51. The maximum absolute atomic E-state index is 12.4. The number of hydrogen-bond acceptors (Lipinski definition) is 4. The summed E-state index contributed by atoms with van der Waals surface area (Å²) in [7, 11) is 0. The number of rotatable bonds is 1. The van der Waals surface area contributed by atoms with Gasteiger partial charge < -0.3 is 4.74 Å². The van der Waals surface area contributed by atoms with Gasteiger partial charge in [0.1, 0.15) is 5.78 Å². The lowest BCUT2D eigenvalue weighted by Gasteiger charge is -2.57. The van der Waals surface area contributed by atoms with E-state index in [1.165, 1.54) is 12.5 Å². The zero-order valence-electron chi connectivity index (χ0n) is 15.5. The number of carbonyl (C=O) groups is 3. The van der Waals surface area contributed by atoms with Crippen LogP contribution >= 0.6 is 0 Å². The lowest BCUT2D eigenvalue weighted by molar-refractivity contribution is -0.155. The Morgan fingerprint density at radius 1 is 1.20 bits per heavy atom. The van der Waals surface area contributed by atoms with Crippen molar-refractivity contribution in [1.29, 1.82) is 0 Å². The third-order valence-corrected chi connectivity index (χ3v) is 7.85. The molecule has 0 N–H and O–H groups in total. The number of hydrogen-bond donors (Lipinski definition) is 0. The van der Waals surface area contributed by atoms with Gasteiger partial charge in [0.15, 0.2) is 11.9 Å². The summed E-state index contributed by atoms with van der Waals surface area (Å²) in [5, 5.41) is 0. The molecule has 4 aliphatic carbocycles. The van der Waals surface area contributed by atoms with Gasteiger partial charge in [-0.15, -0.1) is 0 Å². The van der Waals surface area contributed by atoms with Gasteiger partial charge in [-0.3, -0.25) is 14.4 Å². The molecule has 0 aromatic heterocycles. The molecule has 0 saturated heterocycles. The van der Waals surface area contributed by atoms with E-state index in [0.717, 1.165) is 38.5 Å². The number of esters is 1. The van der Waals surface area contributed by atoms with Crippen molar-refractivity contribution >= 4 is 17.5 Å². The second kappa shape index (κ2) is 5.52. The van der Waals surface area contributed by atoms with Crippen LogP contribution in [-0.4, -0.2) is 23.6 Å². The molecule has 0 aromatic carbocycles. The van der Waals surface area contributed by atoms with Crippen molar-refractivity contribution in [3.63, 3.8) is 0 Å². The summed E-state index contributed by atoms with van der Waals surface area (Å²) in [6, 6.07) is 0. The first kappa shape index (κ1) is 17.0. The Morgan fingerprint density at radius 2 is 1.96 bits per heavy atom. The van der Waals surface area contributed by atoms with Gasteiger partial charge in [0.2, 0.25) is 0 Å². The number of Topliss-reactive ketones (excluding diaryl/α,β-unsaturated/α-hetero) is 1. The molecule has 4 heteroatoms. The number of allylic oxidation sites excluding steroid dienone is 1. The van der Waals surface area contributed by atoms with Gasteiger partial charge in [-0.05, 0) is 60.3 Å². The summed E-state index contributed by atoms with van der Waals surface area (Å²) in [4.78, 5) is 35.9. The summed E-state index contributed by atoms with van der Waals surface area (Å²) in [5.41, 5.74) is 1.34. The van der Waals surface area contributed by atoms with Gasteiger partial charge in [0, 0.05) is 26.2 Å².